The van der Waals surface area contributed by atoms with Crippen LogP contribution < -0.4 is 11.1 Å². The Morgan fingerprint density at radius 3 is 2.71 bits per heavy atom. The zero-order valence-electron chi connectivity index (χ0n) is 10.6. The molecule has 0 bridgehead atoms. The summed E-state index contributed by atoms with van der Waals surface area (Å²) in [6.45, 7) is 5.78. The number of oxime groups is 1. The van der Waals surface area contributed by atoms with Crippen molar-refractivity contribution in [3.8, 4) is 0 Å². The van der Waals surface area contributed by atoms with Gasteiger partial charge in [-0.3, -0.25) is 4.79 Å². The van der Waals surface area contributed by atoms with Crippen LogP contribution in [0.1, 0.15) is 33.1 Å². The minimum absolute atomic E-state index is 0.0489. The quantitative estimate of drug-likeness (QED) is 0.183. The van der Waals surface area contributed by atoms with E-state index in [0.29, 0.717) is 19.6 Å². The van der Waals surface area contributed by atoms with Crippen LogP contribution in [0, 0.1) is 5.92 Å². The highest BCUT2D eigenvalue weighted by Gasteiger charge is 2.20. The first kappa shape index (κ1) is 15.7. The monoisotopic (exact) mass is 245 g/mol. The standard InChI is InChI=1S/C11H23N3O3/c1-3-7-17-8-5-6-13-11(15)9(4-2)10(12)14-16/h9,16H,3-8H2,1-2H3,(H2,12,14)(H,13,15). The van der Waals surface area contributed by atoms with E-state index in [-0.39, 0.29) is 11.7 Å². The van der Waals surface area contributed by atoms with Crippen LogP contribution in [0.15, 0.2) is 5.16 Å². The molecule has 1 unspecified atom stereocenters. The van der Waals surface area contributed by atoms with Gasteiger partial charge in [-0.05, 0) is 19.3 Å². The SMILES string of the molecule is CCCOCCCNC(=O)C(CC)C(N)=NO. The van der Waals surface area contributed by atoms with E-state index in [1.165, 1.54) is 0 Å². The Bertz CT molecular complexity index is 244. The van der Waals surface area contributed by atoms with Gasteiger partial charge < -0.3 is 21.0 Å². The van der Waals surface area contributed by atoms with Gasteiger partial charge in [-0.2, -0.15) is 0 Å². The molecule has 0 aliphatic heterocycles. The summed E-state index contributed by atoms with van der Waals surface area (Å²) in [4.78, 5) is 11.6. The zero-order chi connectivity index (χ0) is 13.1. The van der Waals surface area contributed by atoms with E-state index in [4.69, 9.17) is 15.7 Å². The lowest BCUT2D eigenvalue weighted by Crippen LogP contribution is -2.39. The molecule has 0 aliphatic carbocycles. The summed E-state index contributed by atoms with van der Waals surface area (Å²) in [6, 6.07) is 0. The molecular weight excluding hydrogens is 222 g/mol. The number of nitrogens with two attached hydrogens (primary N) is 1. The van der Waals surface area contributed by atoms with Crippen LogP contribution >= 0.6 is 0 Å². The number of nitrogens with one attached hydrogen (secondary N) is 1. The molecule has 0 rings (SSSR count). The molecule has 6 nitrogen and oxygen atoms in total. The van der Waals surface area contributed by atoms with Crippen LogP contribution in [0.5, 0.6) is 0 Å². The van der Waals surface area contributed by atoms with Crippen LogP contribution in [-0.4, -0.2) is 36.7 Å². The maximum atomic E-state index is 11.6. The fourth-order valence-electron chi connectivity index (χ4n) is 1.35. The molecule has 0 aromatic rings. The maximum Gasteiger partial charge on any atom is 0.230 e. The molecule has 0 spiro atoms. The van der Waals surface area contributed by atoms with Crippen molar-refractivity contribution in [1.82, 2.24) is 5.32 Å². The summed E-state index contributed by atoms with van der Waals surface area (Å²) in [5.74, 6) is -0.818. The summed E-state index contributed by atoms with van der Waals surface area (Å²) < 4.78 is 5.28. The van der Waals surface area contributed by atoms with Gasteiger partial charge in [0.1, 0.15) is 0 Å². The van der Waals surface area contributed by atoms with Crippen molar-refractivity contribution >= 4 is 11.7 Å². The highest BCUT2D eigenvalue weighted by molar-refractivity contribution is 6.01. The summed E-state index contributed by atoms with van der Waals surface area (Å²) in [6.07, 6.45) is 2.26. The smallest absolute Gasteiger partial charge is 0.230 e. The number of carbonyl (C=O) groups is 1. The van der Waals surface area contributed by atoms with Crippen molar-refractivity contribution in [3.63, 3.8) is 0 Å². The predicted molar refractivity (Wildman–Crippen MR) is 65.9 cm³/mol. The van der Waals surface area contributed by atoms with Crippen molar-refractivity contribution in [2.24, 2.45) is 16.8 Å². The van der Waals surface area contributed by atoms with E-state index < -0.39 is 5.92 Å². The summed E-state index contributed by atoms with van der Waals surface area (Å²) in [5.41, 5.74) is 5.41. The first-order chi connectivity index (χ1) is 8.17. The molecule has 0 heterocycles. The lowest BCUT2D eigenvalue weighted by Gasteiger charge is -2.13. The maximum absolute atomic E-state index is 11.6. The second-order valence-electron chi connectivity index (χ2n) is 3.74. The Morgan fingerprint density at radius 1 is 1.47 bits per heavy atom. The van der Waals surface area contributed by atoms with Gasteiger partial charge in [0.2, 0.25) is 5.91 Å². The average Bonchev–Trinajstić information content (AvgIpc) is 2.34. The van der Waals surface area contributed by atoms with Crippen molar-refractivity contribution in [1.29, 1.82) is 0 Å². The second kappa shape index (κ2) is 9.89. The van der Waals surface area contributed by atoms with Crippen LogP contribution in [0.3, 0.4) is 0 Å². The van der Waals surface area contributed by atoms with E-state index in [0.717, 1.165) is 19.4 Å². The third-order valence-electron chi connectivity index (χ3n) is 2.31. The molecule has 0 fully saturated rings. The van der Waals surface area contributed by atoms with Gasteiger partial charge in [0, 0.05) is 19.8 Å². The predicted octanol–water partition coefficient (Wildman–Crippen LogP) is 0.692. The number of carbonyl (C=O) groups excluding carboxylic acids is 1. The Kier molecular flexibility index (Phi) is 9.14. The fourth-order valence-corrected chi connectivity index (χ4v) is 1.35. The van der Waals surface area contributed by atoms with Crippen LogP contribution in [0.4, 0.5) is 0 Å². The third-order valence-corrected chi connectivity index (χ3v) is 2.31. The zero-order valence-corrected chi connectivity index (χ0v) is 10.6. The van der Waals surface area contributed by atoms with Crippen molar-refractivity contribution in [2.75, 3.05) is 19.8 Å². The minimum Gasteiger partial charge on any atom is -0.409 e. The van der Waals surface area contributed by atoms with E-state index in [9.17, 15) is 4.79 Å². The third kappa shape index (κ3) is 6.78. The summed E-state index contributed by atoms with van der Waals surface area (Å²) in [5, 5.41) is 14.1. The lowest BCUT2D eigenvalue weighted by atomic mass is 10.0. The summed E-state index contributed by atoms with van der Waals surface area (Å²) >= 11 is 0. The molecular formula is C11H23N3O3. The number of hydrogen-bond acceptors (Lipinski definition) is 4. The molecule has 4 N–H and O–H groups in total. The number of amides is 1. The number of ether oxygens (including phenoxy) is 1. The Morgan fingerprint density at radius 2 is 2.18 bits per heavy atom. The minimum atomic E-state index is -0.559. The molecule has 0 aromatic carbocycles. The van der Waals surface area contributed by atoms with Crippen LogP contribution in [0.25, 0.3) is 0 Å². The van der Waals surface area contributed by atoms with Gasteiger partial charge in [0.25, 0.3) is 0 Å². The molecule has 0 aliphatic rings. The Hall–Kier alpha value is -1.30. The number of rotatable bonds is 9. The first-order valence-corrected chi connectivity index (χ1v) is 6.00. The van der Waals surface area contributed by atoms with Crippen LogP contribution in [-0.2, 0) is 9.53 Å². The molecule has 100 valence electrons. The van der Waals surface area contributed by atoms with E-state index in [2.05, 4.69) is 10.5 Å². The molecule has 0 radical (unpaired) electrons. The lowest BCUT2D eigenvalue weighted by molar-refractivity contribution is -0.123. The fraction of sp³-hybridized carbons (Fsp3) is 0.818. The molecule has 1 amide bonds. The molecule has 0 saturated heterocycles. The van der Waals surface area contributed by atoms with Gasteiger partial charge in [-0.15, -0.1) is 0 Å². The molecule has 0 aromatic heterocycles. The van der Waals surface area contributed by atoms with Crippen molar-refractivity contribution < 1.29 is 14.7 Å². The van der Waals surface area contributed by atoms with E-state index in [1.807, 2.05) is 13.8 Å². The highest BCUT2D eigenvalue weighted by Crippen LogP contribution is 2.02. The highest BCUT2D eigenvalue weighted by atomic mass is 16.5. The van der Waals surface area contributed by atoms with Crippen molar-refractivity contribution in [3.05, 3.63) is 0 Å². The summed E-state index contributed by atoms with van der Waals surface area (Å²) in [7, 11) is 0. The van der Waals surface area contributed by atoms with Crippen molar-refractivity contribution in [2.45, 2.75) is 33.1 Å². The average molecular weight is 245 g/mol. The molecule has 0 saturated carbocycles. The van der Waals surface area contributed by atoms with Gasteiger partial charge in [-0.1, -0.05) is 19.0 Å². The number of amidine groups is 1. The molecule has 1 atom stereocenters. The first-order valence-electron chi connectivity index (χ1n) is 6.00. The molecule has 6 heteroatoms. The van der Waals surface area contributed by atoms with E-state index >= 15 is 0 Å². The Balaban J connectivity index is 3.77. The van der Waals surface area contributed by atoms with Gasteiger partial charge in [0.05, 0.1) is 5.92 Å². The Labute approximate surface area is 102 Å². The van der Waals surface area contributed by atoms with E-state index in [1.54, 1.807) is 0 Å². The number of nitrogens with zero attached hydrogens (tertiary/aromatic N) is 1. The van der Waals surface area contributed by atoms with Gasteiger partial charge in [0.15, 0.2) is 5.84 Å². The normalized spacial score (nSPS) is 13.4. The van der Waals surface area contributed by atoms with Gasteiger partial charge in [-0.25, -0.2) is 0 Å². The van der Waals surface area contributed by atoms with Crippen LogP contribution in [0.2, 0.25) is 0 Å². The topological polar surface area (TPSA) is 96.9 Å². The number of hydrogen-bond donors (Lipinski definition) is 3. The molecule has 17 heavy (non-hydrogen) atoms. The second-order valence-corrected chi connectivity index (χ2v) is 3.74. The largest absolute Gasteiger partial charge is 0.409 e. The van der Waals surface area contributed by atoms with Gasteiger partial charge >= 0.3 is 0 Å².